The quantitative estimate of drug-likeness (QED) is 0.677. The Bertz CT molecular complexity index is 1090. The Balaban J connectivity index is 1.63. The van der Waals surface area contributed by atoms with E-state index in [-0.39, 0.29) is 28.9 Å². The summed E-state index contributed by atoms with van der Waals surface area (Å²) in [7, 11) is 0. The molecule has 0 spiro atoms. The average Bonchev–Trinajstić information content (AvgIpc) is 3.22. The van der Waals surface area contributed by atoms with Gasteiger partial charge in [-0.25, -0.2) is 9.37 Å². The molecule has 144 valence electrons. The molecule has 0 saturated heterocycles. The van der Waals surface area contributed by atoms with Crippen molar-refractivity contribution in [1.29, 1.82) is 0 Å². The highest BCUT2D eigenvalue weighted by atomic mass is 19.1. The number of amides is 1. The van der Waals surface area contributed by atoms with Crippen LogP contribution in [0.5, 0.6) is 0 Å². The van der Waals surface area contributed by atoms with Crippen LogP contribution >= 0.6 is 0 Å². The molecular formula is C21H20FN3O3. The van der Waals surface area contributed by atoms with Gasteiger partial charge in [0.2, 0.25) is 5.91 Å². The van der Waals surface area contributed by atoms with Crippen LogP contribution in [0.25, 0.3) is 10.9 Å². The Hall–Kier alpha value is -3.22. The fraction of sp³-hybridized carbons (Fsp3) is 0.286. The second kappa shape index (κ2) is 7.80. The normalized spacial score (nSPS) is 14.1. The number of aromatic nitrogens is 2. The second-order valence-corrected chi connectivity index (χ2v) is 6.84. The van der Waals surface area contributed by atoms with E-state index >= 15 is 0 Å². The van der Waals surface area contributed by atoms with Gasteiger partial charge in [0.1, 0.15) is 18.1 Å². The smallest absolute Gasteiger partial charge is 0.261 e. The molecule has 1 aliphatic rings. The van der Waals surface area contributed by atoms with Crippen molar-refractivity contribution in [1.82, 2.24) is 14.5 Å². The summed E-state index contributed by atoms with van der Waals surface area (Å²) in [6.07, 6.45) is 8.82. The molecule has 2 aromatic heterocycles. The fourth-order valence-corrected chi connectivity index (χ4v) is 3.45. The Morgan fingerprint density at radius 2 is 2.18 bits per heavy atom. The molecule has 0 atom stereocenters. The van der Waals surface area contributed by atoms with Gasteiger partial charge < -0.3 is 9.32 Å². The Labute approximate surface area is 160 Å². The van der Waals surface area contributed by atoms with Gasteiger partial charge in [-0.05, 0) is 49.9 Å². The van der Waals surface area contributed by atoms with E-state index < -0.39 is 5.82 Å². The van der Waals surface area contributed by atoms with Gasteiger partial charge in [-0.3, -0.25) is 14.2 Å². The van der Waals surface area contributed by atoms with Crippen LogP contribution in [0.4, 0.5) is 4.39 Å². The monoisotopic (exact) mass is 381 g/mol. The van der Waals surface area contributed by atoms with E-state index in [0.717, 1.165) is 31.4 Å². The first kappa shape index (κ1) is 18.2. The molecular weight excluding hydrogens is 361 g/mol. The van der Waals surface area contributed by atoms with E-state index in [0.29, 0.717) is 12.3 Å². The molecule has 0 N–H and O–H groups in total. The van der Waals surface area contributed by atoms with Crippen LogP contribution in [0.15, 0.2) is 63.9 Å². The Morgan fingerprint density at radius 1 is 1.29 bits per heavy atom. The molecule has 28 heavy (non-hydrogen) atoms. The summed E-state index contributed by atoms with van der Waals surface area (Å²) < 4.78 is 20.0. The zero-order valence-corrected chi connectivity index (χ0v) is 15.3. The summed E-state index contributed by atoms with van der Waals surface area (Å²) in [5.74, 6) is 0.0104. The number of carbonyl (C=O) groups is 1. The number of hydrogen-bond acceptors (Lipinski definition) is 4. The van der Waals surface area contributed by atoms with Crippen LogP contribution in [-0.4, -0.2) is 20.4 Å². The number of hydrogen-bond donors (Lipinski definition) is 0. The summed E-state index contributed by atoms with van der Waals surface area (Å²) in [5.41, 5.74) is 0.863. The molecule has 3 aromatic rings. The zero-order chi connectivity index (χ0) is 19.5. The van der Waals surface area contributed by atoms with Crippen LogP contribution in [0.1, 0.15) is 31.4 Å². The van der Waals surface area contributed by atoms with E-state index in [1.54, 1.807) is 17.2 Å². The molecule has 1 aliphatic carbocycles. The molecule has 0 aliphatic heterocycles. The minimum atomic E-state index is -0.456. The molecule has 0 unspecified atom stereocenters. The molecule has 2 heterocycles. The standard InChI is InChI=1S/C21H20FN3O3/c22-15-8-9-18-19(11-15)23-14-24(21(18)27)13-20(26)25(12-17-7-4-10-28-17)16-5-2-1-3-6-16/h4-5,7-11,14H,1-3,6,12-13H2. The molecule has 7 heteroatoms. The lowest BCUT2D eigenvalue weighted by Crippen LogP contribution is -2.36. The third-order valence-electron chi connectivity index (χ3n) is 4.90. The molecule has 1 aromatic carbocycles. The highest BCUT2D eigenvalue weighted by Gasteiger charge is 2.22. The summed E-state index contributed by atoms with van der Waals surface area (Å²) >= 11 is 0. The molecule has 0 radical (unpaired) electrons. The van der Waals surface area contributed by atoms with E-state index in [2.05, 4.69) is 11.1 Å². The van der Waals surface area contributed by atoms with Gasteiger partial charge in [-0.2, -0.15) is 0 Å². The summed E-state index contributed by atoms with van der Waals surface area (Å²) in [6, 6.07) is 7.42. The van der Waals surface area contributed by atoms with Crippen molar-refractivity contribution in [2.75, 3.05) is 0 Å². The average molecular weight is 381 g/mol. The van der Waals surface area contributed by atoms with Gasteiger partial charge in [-0.15, -0.1) is 0 Å². The molecule has 0 fully saturated rings. The lowest BCUT2D eigenvalue weighted by atomic mass is 10.0. The van der Waals surface area contributed by atoms with Gasteiger partial charge >= 0.3 is 0 Å². The summed E-state index contributed by atoms with van der Waals surface area (Å²) in [5, 5.41) is 0.283. The second-order valence-electron chi connectivity index (χ2n) is 6.84. The number of fused-ring (bicyclic) bond motifs is 1. The number of carbonyl (C=O) groups excluding carboxylic acids is 1. The third kappa shape index (κ3) is 3.74. The van der Waals surface area contributed by atoms with Crippen LogP contribution in [-0.2, 0) is 17.9 Å². The van der Waals surface area contributed by atoms with Gasteiger partial charge in [0, 0.05) is 11.8 Å². The fourth-order valence-electron chi connectivity index (χ4n) is 3.45. The van der Waals surface area contributed by atoms with Crippen molar-refractivity contribution in [2.45, 2.75) is 38.8 Å². The lowest BCUT2D eigenvalue weighted by molar-refractivity contribution is -0.130. The van der Waals surface area contributed by atoms with Crippen LogP contribution < -0.4 is 5.56 Å². The van der Waals surface area contributed by atoms with Gasteiger partial charge in [-0.1, -0.05) is 6.08 Å². The molecule has 0 bridgehead atoms. The van der Waals surface area contributed by atoms with Gasteiger partial charge in [0.15, 0.2) is 0 Å². The van der Waals surface area contributed by atoms with Crippen LogP contribution in [0, 0.1) is 5.82 Å². The maximum atomic E-state index is 13.3. The number of nitrogens with zero attached hydrogens (tertiary/aromatic N) is 3. The predicted molar refractivity (Wildman–Crippen MR) is 102 cm³/mol. The van der Waals surface area contributed by atoms with Crippen molar-refractivity contribution in [2.24, 2.45) is 0 Å². The molecule has 0 saturated carbocycles. The number of benzene rings is 1. The number of furan rings is 1. The Morgan fingerprint density at radius 3 is 2.93 bits per heavy atom. The SMILES string of the molecule is O=C(Cn1cnc2cc(F)ccc2c1=O)N(Cc1ccco1)C1=CCCCC1. The van der Waals surface area contributed by atoms with E-state index in [9.17, 15) is 14.0 Å². The molecule has 4 rings (SSSR count). The largest absolute Gasteiger partial charge is 0.467 e. The highest BCUT2D eigenvalue weighted by molar-refractivity contribution is 5.80. The van der Waals surface area contributed by atoms with Crippen molar-refractivity contribution < 1.29 is 13.6 Å². The number of rotatable bonds is 5. The maximum Gasteiger partial charge on any atom is 0.261 e. The van der Waals surface area contributed by atoms with E-state index in [1.807, 2.05) is 6.07 Å². The van der Waals surface area contributed by atoms with Gasteiger partial charge in [0.25, 0.3) is 5.56 Å². The van der Waals surface area contributed by atoms with Crippen molar-refractivity contribution in [3.63, 3.8) is 0 Å². The van der Waals surface area contributed by atoms with E-state index in [1.165, 1.54) is 29.1 Å². The van der Waals surface area contributed by atoms with Crippen LogP contribution in [0.3, 0.4) is 0 Å². The van der Waals surface area contributed by atoms with Crippen molar-refractivity contribution >= 4 is 16.8 Å². The first-order valence-corrected chi connectivity index (χ1v) is 9.28. The number of halogens is 1. The minimum Gasteiger partial charge on any atom is -0.467 e. The summed E-state index contributed by atoms with van der Waals surface area (Å²) in [6.45, 7) is 0.176. The first-order valence-electron chi connectivity index (χ1n) is 9.28. The topological polar surface area (TPSA) is 68.3 Å². The van der Waals surface area contributed by atoms with E-state index in [4.69, 9.17) is 4.42 Å². The van der Waals surface area contributed by atoms with Crippen molar-refractivity contribution in [3.05, 3.63) is 76.6 Å². The minimum absolute atomic E-state index is 0.142. The molecule has 6 nitrogen and oxygen atoms in total. The molecule has 1 amide bonds. The lowest BCUT2D eigenvalue weighted by Gasteiger charge is -2.27. The Kier molecular flexibility index (Phi) is 5.06. The van der Waals surface area contributed by atoms with Gasteiger partial charge in [0.05, 0.1) is 30.0 Å². The predicted octanol–water partition coefficient (Wildman–Crippen LogP) is 3.62. The zero-order valence-electron chi connectivity index (χ0n) is 15.3. The number of allylic oxidation sites excluding steroid dienone is 2. The summed E-state index contributed by atoms with van der Waals surface area (Å²) in [4.78, 5) is 31.6. The highest BCUT2D eigenvalue weighted by Crippen LogP contribution is 2.23. The first-order chi connectivity index (χ1) is 13.6. The van der Waals surface area contributed by atoms with Crippen molar-refractivity contribution in [3.8, 4) is 0 Å². The maximum absolute atomic E-state index is 13.3. The third-order valence-corrected chi connectivity index (χ3v) is 4.90. The van der Waals surface area contributed by atoms with Crippen LogP contribution in [0.2, 0.25) is 0 Å².